The van der Waals surface area contributed by atoms with Gasteiger partial charge in [-0.1, -0.05) is 18.2 Å². The van der Waals surface area contributed by atoms with Crippen LogP contribution in [0.1, 0.15) is 25.3 Å². The fourth-order valence-electron chi connectivity index (χ4n) is 2.66. The van der Waals surface area contributed by atoms with Crippen molar-refractivity contribution in [1.29, 1.82) is 5.26 Å². The number of para-hydroxylation sites is 1. The molecular weight excluding hydrogens is 248 g/mol. The van der Waals surface area contributed by atoms with Crippen LogP contribution >= 0.6 is 0 Å². The molecular formula is C16H18N4. The lowest BCUT2D eigenvalue weighted by Crippen LogP contribution is -2.44. The van der Waals surface area contributed by atoms with E-state index in [2.05, 4.69) is 23.3 Å². The number of anilines is 1. The van der Waals surface area contributed by atoms with Gasteiger partial charge in [-0.15, -0.1) is 0 Å². The largest absolute Gasteiger partial charge is 0.363 e. The predicted molar refractivity (Wildman–Crippen MR) is 80.3 cm³/mol. The first-order valence-electron chi connectivity index (χ1n) is 6.94. The van der Waals surface area contributed by atoms with Crippen LogP contribution in [0, 0.1) is 17.2 Å². The summed E-state index contributed by atoms with van der Waals surface area (Å²) in [7, 11) is 0. The van der Waals surface area contributed by atoms with E-state index in [1.807, 2.05) is 30.3 Å². The number of aromatic nitrogens is 1. The predicted octanol–water partition coefficient (Wildman–Crippen LogP) is 2.65. The average molecular weight is 266 g/mol. The van der Waals surface area contributed by atoms with E-state index in [9.17, 15) is 5.26 Å². The van der Waals surface area contributed by atoms with Crippen molar-refractivity contribution in [2.75, 3.05) is 11.9 Å². The molecule has 4 nitrogen and oxygen atoms in total. The van der Waals surface area contributed by atoms with Crippen molar-refractivity contribution in [3.63, 3.8) is 0 Å². The van der Waals surface area contributed by atoms with Gasteiger partial charge in [0.15, 0.2) is 0 Å². The zero-order chi connectivity index (χ0) is 14.2. The first-order valence-corrected chi connectivity index (χ1v) is 6.94. The third-order valence-corrected chi connectivity index (χ3v) is 4.15. The summed E-state index contributed by atoms with van der Waals surface area (Å²) in [5, 5.41) is 13.6. The first kappa shape index (κ1) is 12.9. The topological polar surface area (TPSA) is 74.7 Å². The number of fused-ring (bicyclic) bond motifs is 1. The number of nitrogens with one attached hydrogen (secondary N) is 1. The number of hydrogen-bond donors (Lipinski definition) is 2. The molecule has 0 bridgehead atoms. The summed E-state index contributed by atoms with van der Waals surface area (Å²) in [4.78, 5) is 4.61. The molecule has 0 saturated heterocycles. The second-order valence-electron chi connectivity index (χ2n) is 5.70. The number of rotatable bonds is 4. The number of nitrogens with zero attached hydrogens (tertiary/aromatic N) is 2. The van der Waals surface area contributed by atoms with Crippen molar-refractivity contribution < 1.29 is 0 Å². The first-order chi connectivity index (χ1) is 9.66. The molecule has 1 aliphatic carbocycles. The Bertz CT molecular complexity index is 684. The van der Waals surface area contributed by atoms with Crippen molar-refractivity contribution in [2.45, 2.75) is 25.3 Å². The number of nitrogens with two attached hydrogens (primary N) is 1. The van der Waals surface area contributed by atoms with Gasteiger partial charge < -0.3 is 11.1 Å². The Morgan fingerprint density at radius 3 is 2.85 bits per heavy atom. The van der Waals surface area contributed by atoms with Gasteiger partial charge in [-0.25, -0.2) is 4.98 Å². The minimum atomic E-state index is -0.137. The third-order valence-electron chi connectivity index (χ3n) is 4.15. The fourth-order valence-corrected chi connectivity index (χ4v) is 2.66. The van der Waals surface area contributed by atoms with Gasteiger partial charge in [-0.2, -0.15) is 5.26 Å². The second-order valence-corrected chi connectivity index (χ2v) is 5.70. The van der Waals surface area contributed by atoms with Gasteiger partial charge in [0.1, 0.15) is 5.82 Å². The Balaban J connectivity index is 2.02. The van der Waals surface area contributed by atoms with Crippen LogP contribution < -0.4 is 11.1 Å². The molecule has 1 fully saturated rings. The molecule has 1 aliphatic rings. The van der Waals surface area contributed by atoms with Crippen molar-refractivity contribution in [3.05, 3.63) is 35.9 Å². The van der Waals surface area contributed by atoms with Crippen LogP contribution in [0.3, 0.4) is 0 Å². The van der Waals surface area contributed by atoms with Gasteiger partial charge in [0.2, 0.25) is 0 Å². The molecule has 2 aromatic rings. The van der Waals surface area contributed by atoms with E-state index in [1.54, 1.807) is 0 Å². The summed E-state index contributed by atoms with van der Waals surface area (Å²) in [6, 6.07) is 11.8. The highest BCUT2D eigenvalue weighted by Crippen LogP contribution is 2.40. The van der Waals surface area contributed by atoms with E-state index in [1.165, 1.54) is 12.8 Å². The molecule has 0 amide bonds. The Kier molecular flexibility index (Phi) is 3.07. The Hall–Kier alpha value is -2.12. The molecule has 102 valence electrons. The van der Waals surface area contributed by atoms with Crippen LogP contribution in [0.25, 0.3) is 10.9 Å². The highest BCUT2D eigenvalue weighted by atomic mass is 15.1. The molecule has 1 saturated carbocycles. The maximum atomic E-state index is 9.31. The van der Waals surface area contributed by atoms with Crippen LogP contribution in [-0.4, -0.2) is 17.1 Å². The SMILES string of the molecule is CC(CN)(Nc1cc(C#N)c2ccccc2n1)C1CC1. The molecule has 3 N–H and O–H groups in total. The zero-order valence-corrected chi connectivity index (χ0v) is 11.6. The number of benzene rings is 1. The molecule has 0 radical (unpaired) electrons. The summed E-state index contributed by atoms with van der Waals surface area (Å²) in [6.45, 7) is 2.70. The quantitative estimate of drug-likeness (QED) is 0.892. The zero-order valence-electron chi connectivity index (χ0n) is 11.6. The highest BCUT2D eigenvalue weighted by Gasteiger charge is 2.40. The smallest absolute Gasteiger partial charge is 0.128 e. The second kappa shape index (κ2) is 4.77. The van der Waals surface area contributed by atoms with Gasteiger partial charge in [0, 0.05) is 11.9 Å². The van der Waals surface area contributed by atoms with Gasteiger partial charge in [-0.3, -0.25) is 0 Å². The third kappa shape index (κ3) is 2.21. The highest BCUT2D eigenvalue weighted by molar-refractivity contribution is 5.86. The molecule has 1 atom stereocenters. The number of pyridine rings is 1. The Morgan fingerprint density at radius 2 is 2.20 bits per heavy atom. The minimum absolute atomic E-state index is 0.137. The molecule has 1 aromatic carbocycles. The van der Waals surface area contributed by atoms with Crippen LogP contribution in [0.15, 0.2) is 30.3 Å². The van der Waals surface area contributed by atoms with Gasteiger partial charge in [0.25, 0.3) is 0 Å². The lowest BCUT2D eigenvalue weighted by atomic mass is 9.96. The van der Waals surface area contributed by atoms with E-state index in [-0.39, 0.29) is 5.54 Å². The van der Waals surface area contributed by atoms with Crippen molar-refractivity contribution >= 4 is 16.7 Å². The number of nitriles is 1. The van der Waals surface area contributed by atoms with Gasteiger partial charge in [-0.05, 0) is 37.8 Å². The van der Waals surface area contributed by atoms with Crippen molar-refractivity contribution in [1.82, 2.24) is 4.98 Å². The molecule has 1 heterocycles. The Labute approximate surface area is 118 Å². The summed E-state index contributed by atoms with van der Waals surface area (Å²) >= 11 is 0. The van der Waals surface area contributed by atoms with Crippen LogP contribution in [0.4, 0.5) is 5.82 Å². The summed E-state index contributed by atoms with van der Waals surface area (Å²) in [5.74, 6) is 1.34. The van der Waals surface area contributed by atoms with Gasteiger partial charge in [0.05, 0.1) is 22.7 Å². The minimum Gasteiger partial charge on any atom is -0.363 e. The molecule has 1 aromatic heterocycles. The van der Waals surface area contributed by atoms with E-state index in [0.29, 0.717) is 18.0 Å². The molecule has 20 heavy (non-hydrogen) atoms. The van der Waals surface area contributed by atoms with Crippen LogP contribution in [0.5, 0.6) is 0 Å². The van der Waals surface area contributed by atoms with E-state index in [0.717, 1.165) is 16.7 Å². The molecule has 1 unspecified atom stereocenters. The van der Waals surface area contributed by atoms with Gasteiger partial charge >= 0.3 is 0 Å². The van der Waals surface area contributed by atoms with Crippen LogP contribution in [-0.2, 0) is 0 Å². The molecule has 3 rings (SSSR count). The van der Waals surface area contributed by atoms with E-state index in [4.69, 9.17) is 5.73 Å². The lowest BCUT2D eigenvalue weighted by Gasteiger charge is -2.30. The summed E-state index contributed by atoms with van der Waals surface area (Å²) in [6.07, 6.45) is 2.42. The Morgan fingerprint density at radius 1 is 1.45 bits per heavy atom. The van der Waals surface area contributed by atoms with Crippen molar-refractivity contribution in [2.24, 2.45) is 11.7 Å². The number of hydrogen-bond acceptors (Lipinski definition) is 4. The summed E-state index contributed by atoms with van der Waals surface area (Å²) < 4.78 is 0. The monoisotopic (exact) mass is 266 g/mol. The maximum Gasteiger partial charge on any atom is 0.128 e. The fraction of sp³-hybridized carbons (Fsp3) is 0.375. The maximum absolute atomic E-state index is 9.31. The lowest BCUT2D eigenvalue weighted by molar-refractivity contribution is 0.458. The standard InChI is InChI=1S/C16H18N4/c1-16(10-18,12-6-7-12)20-15-8-11(9-17)13-4-2-3-5-14(13)19-15/h2-5,8,12H,6-7,10,18H2,1H3,(H,19,20). The normalized spacial score (nSPS) is 17.4. The molecule has 0 spiro atoms. The summed E-state index contributed by atoms with van der Waals surface area (Å²) in [5.41, 5.74) is 7.27. The molecule has 4 heteroatoms. The van der Waals surface area contributed by atoms with E-state index >= 15 is 0 Å². The van der Waals surface area contributed by atoms with Crippen molar-refractivity contribution in [3.8, 4) is 6.07 Å². The van der Waals surface area contributed by atoms with E-state index < -0.39 is 0 Å². The molecule has 0 aliphatic heterocycles. The average Bonchev–Trinajstić information content (AvgIpc) is 3.31. The van der Waals surface area contributed by atoms with Crippen LogP contribution in [0.2, 0.25) is 0 Å².